The van der Waals surface area contributed by atoms with Crippen molar-refractivity contribution in [2.45, 2.75) is 32.8 Å². The minimum atomic E-state index is -1.12. The van der Waals surface area contributed by atoms with Crippen molar-refractivity contribution < 1.29 is 34.8 Å². The molecule has 0 spiro atoms. The second-order valence-corrected chi connectivity index (χ2v) is 5.95. The van der Waals surface area contributed by atoms with Crippen molar-refractivity contribution in [3.8, 4) is 5.75 Å². The predicted octanol–water partition coefficient (Wildman–Crippen LogP) is 2.67. The molecule has 0 aliphatic heterocycles. The van der Waals surface area contributed by atoms with Crippen LogP contribution in [-0.2, 0) is 11.2 Å². The summed E-state index contributed by atoms with van der Waals surface area (Å²) in [6, 6.07) is 10.7. The zero-order valence-corrected chi connectivity index (χ0v) is 15.0. The number of rotatable bonds is 6. The molecule has 144 valence electrons. The summed E-state index contributed by atoms with van der Waals surface area (Å²) in [7, 11) is 0. The molecule has 2 aromatic carbocycles. The van der Waals surface area contributed by atoms with E-state index in [0.717, 1.165) is 11.6 Å². The number of ketones is 1. The Bertz CT molecular complexity index is 808. The van der Waals surface area contributed by atoms with Crippen LogP contribution >= 0.6 is 0 Å². The van der Waals surface area contributed by atoms with Crippen molar-refractivity contribution in [2.75, 3.05) is 0 Å². The third kappa shape index (κ3) is 7.29. The molecule has 2 aromatic rings. The van der Waals surface area contributed by atoms with Crippen LogP contribution in [0.25, 0.3) is 0 Å². The molecule has 0 aromatic heterocycles. The monoisotopic (exact) mass is 374 g/mol. The second kappa shape index (κ2) is 10.1. The smallest absolute Gasteiger partial charge is 0.335 e. The topological polar surface area (TPSA) is 132 Å². The van der Waals surface area contributed by atoms with Crippen LogP contribution in [0.2, 0.25) is 0 Å². The first-order valence-corrected chi connectivity index (χ1v) is 8.17. The number of carbonyl (C=O) groups is 3. The lowest BCUT2D eigenvalue weighted by atomic mass is 10.1. The number of carboxylic acid groups (broad SMARTS) is 2. The molecule has 7 nitrogen and oxygen atoms in total. The molecule has 0 saturated carbocycles. The third-order valence-electron chi connectivity index (χ3n) is 3.78. The molecule has 0 bridgehead atoms. The number of hydrogen-bond acceptors (Lipinski definition) is 5. The number of Topliss-reactive ketones (excluding diaryl/α,β-unsaturated/α-hetero) is 1. The number of carbonyl (C=O) groups excluding carboxylic acids is 1. The zero-order chi connectivity index (χ0) is 20.6. The number of phenolic OH excluding ortho intramolecular Hbond substituents is 1. The van der Waals surface area contributed by atoms with Gasteiger partial charge in [0.25, 0.3) is 0 Å². The summed E-state index contributed by atoms with van der Waals surface area (Å²) < 4.78 is 0. The first-order chi connectivity index (χ1) is 12.6. The Kier molecular flexibility index (Phi) is 8.16. The lowest BCUT2D eigenvalue weighted by Gasteiger charge is -2.03. The standard InChI is InChI=1S/C11H14O3.C9H8O4/c1-8(12)11(14)7-4-9-2-5-10(13)6-3-9;1-5-2-3-6(8(10)11)4-7(5)9(12)13/h2-3,5-6,8,12-13H,4,7H2,1H3;2-4H,1H3,(H,10,11)(H,12,13). The van der Waals surface area contributed by atoms with E-state index in [4.69, 9.17) is 20.4 Å². The highest BCUT2D eigenvalue weighted by molar-refractivity contribution is 5.94. The van der Waals surface area contributed by atoms with Crippen LogP contribution < -0.4 is 0 Å². The van der Waals surface area contributed by atoms with Gasteiger partial charge in [0, 0.05) is 6.42 Å². The Labute approximate surface area is 156 Å². The summed E-state index contributed by atoms with van der Waals surface area (Å²) in [4.78, 5) is 32.2. The van der Waals surface area contributed by atoms with E-state index in [0.29, 0.717) is 18.4 Å². The van der Waals surface area contributed by atoms with Crippen LogP contribution in [0.5, 0.6) is 5.75 Å². The largest absolute Gasteiger partial charge is 0.508 e. The van der Waals surface area contributed by atoms with Crippen molar-refractivity contribution in [1.82, 2.24) is 0 Å². The molecule has 0 radical (unpaired) electrons. The Balaban J connectivity index is 0.000000271. The Hall–Kier alpha value is -3.19. The van der Waals surface area contributed by atoms with Crippen LogP contribution in [0, 0.1) is 6.92 Å². The van der Waals surface area contributed by atoms with Crippen LogP contribution in [0.1, 0.15) is 45.2 Å². The molecule has 4 N–H and O–H groups in total. The number of aryl methyl sites for hydroxylation is 2. The first kappa shape index (κ1) is 21.9. The number of phenols is 1. The van der Waals surface area contributed by atoms with Gasteiger partial charge < -0.3 is 20.4 Å². The maximum absolute atomic E-state index is 11.1. The van der Waals surface area contributed by atoms with Gasteiger partial charge in [-0.2, -0.15) is 0 Å². The van der Waals surface area contributed by atoms with Gasteiger partial charge in [-0.1, -0.05) is 18.2 Å². The van der Waals surface area contributed by atoms with Gasteiger partial charge >= 0.3 is 11.9 Å². The van der Waals surface area contributed by atoms with E-state index < -0.39 is 18.0 Å². The summed E-state index contributed by atoms with van der Waals surface area (Å²) in [6.45, 7) is 3.09. The summed E-state index contributed by atoms with van der Waals surface area (Å²) >= 11 is 0. The average Bonchev–Trinajstić information content (AvgIpc) is 2.61. The van der Waals surface area contributed by atoms with E-state index in [1.165, 1.54) is 19.1 Å². The summed E-state index contributed by atoms with van der Waals surface area (Å²) in [5, 5.41) is 35.2. The van der Waals surface area contributed by atoms with Gasteiger partial charge in [0.1, 0.15) is 11.9 Å². The molecule has 0 heterocycles. The van der Waals surface area contributed by atoms with Crippen molar-refractivity contribution in [1.29, 1.82) is 0 Å². The van der Waals surface area contributed by atoms with Crippen LogP contribution in [0.3, 0.4) is 0 Å². The summed E-state index contributed by atoms with van der Waals surface area (Å²) in [5.41, 5.74) is 1.55. The highest BCUT2D eigenvalue weighted by Crippen LogP contribution is 2.12. The molecule has 1 atom stereocenters. The van der Waals surface area contributed by atoms with Gasteiger partial charge in [0.05, 0.1) is 11.1 Å². The molecular formula is C20H22O7. The van der Waals surface area contributed by atoms with Crippen molar-refractivity contribution in [3.63, 3.8) is 0 Å². The van der Waals surface area contributed by atoms with Crippen LogP contribution in [-0.4, -0.2) is 44.3 Å². The van der Waals surface area contributed by atoms with E-state index in [1.807, 2.05) is 0 Å². The van der Waals surface area contributed by atoms with Gasteiger partial charge in [0.15, 0.2) is 5.78 Å². The first-order valence-electron chi connectivity index (χ1n) is 8.17. The molecule has 7 heteroatoms. The minimum Gasteiger partial charge on any atom is -0.508 e. The van der Waals surface area contributed by atoms with Crippen LogP contribution in [0.4, 0.5) is 0 Å². The Morgan fingerprint density at radius 1 is 0.963 bits per heavy atom. The molecule has 1 unspecified atom stereocenters. The van der Waals surface area contributed by atoms with Crippen molar-refractivity contribution in [2.24, 2.45) is 0 Å². The molecule has 0 fully saturated rings. The van der Waals surface area contributed by atoms with Gasteiger partial charge in [-0.15, -0.1) is 0 Å². The number of aromatic carboxylic acids is 2. The number of carboxylic acids is 2. The minimum absolute atomic E-state index is 0.0111. The lowest BCUT2D eigenvalue weighted by molar-refractivity contribution is -0.126. The average molecular weight is 374 g/mol. The lowest BCUT2D eigenvalue weighted by Crippen LogP contribution is -2.16. The normalized spacial score (nSPS) is 11.1. The fourth-order valence-corrected chi connectivity index (χ4v) is 2.12. The molecule has 27 heavy (non-hydrogen) atoms. The van der Waals surface area contributed by atoms with Crippen molar-refractivity contribution in [3.05, 3.63) is 64.7 Å². The molecular weight excluding hydrogens is 352 g/mol. The van der Waals surface area contributed by atoms with E-state index in [9.17, 15) is 14.4 Å². The Morgan fingerprint density at radius 3 is 2.04 bits per heavy atom. The number of aliphatic hydroxyl groups excluding tert-OH is 1. The van der Waals surface area contributed by atoms with Gasteiger partial charge in [-0.3, -0.25) is 4.79 Å². The molecule has 0 amide bonds. The quantitative estimate of drug-likeness (QED) is 0.611. The van der Waals surface area contributed by atoms with Gasteiger partial charge in [-0.25, -0.2) is 9.59 Å². The zero-order valence-electron chi connectivity index (χ0n) is 15.0. The fourth-order valence-electron chi connectivity index (χ4n) is 2.12. The SMILES string of the molecule is CC(O)C(=O)CCc1ccc(O)cc1.Cc1ccc(C(=O)O)cc1C(=O)O. The van der Waals surface area contributed by atoms with Crippen molar-refractivity contribution >= 4 is 17.7 Å². The second-order valence-electron chi connectivity index (χ2n) is 5.95. The highest BCUT2D eigenvalue weighted by atomic mass is 16.4. The summed E-state index contributed by atoms with van der Waals surface area (Å²) in [5.74, 6) is -2.17. The summed E-state index contributed by atoms with van der Waals surface area (Å²) in [6.07, 6.45) is 0.0547. The maximum atomic E-state index is 11.1. The molecule has 2 rings (SSSR count). The fraction of sp³-hybridized carbons (Fsp3) is 0.250. The molecule has 0 aliphatic rings. The predicted molar refractivity (Wildman–Crippen MR) is 98.2 cm³/mol. The molecule has 0 aliphatic carbocycles. The van der Waals surface area contributed by atoms with Gasteiger partial charge in [0.2, 0.25) is 0 Å². The van der Waals surface area contributed by atoms with E-state index in [-0.39, 0.29) is 22.7 Å². The van der Waals surface area contributed by atoms with E-state index in [1.54, 1.807) is 31.2 Å². The third-order valence-corrected chi connectivity index (χ3v) is 3.78. The van der Waals surface area contributed by atoms with E-state index in [2.05, 4.69) is 0 Å². The number of benzene rings is 2. The van der Waals surface area contributed by atoms with E-state index >= 15 is 0 Å². The van der Waals surface area contributed by atoms with Crippen LogP contribution in [0.15, 0.2) is 42.5 Å². The molecule has 0 saturated heterocycles. The number of aliphatic hydroxyl groups is 1. The number of hydrogen-bond donors (Lipinski definition) is 4. The van der Waals surface area contributed by atoms with Gasteiger partial charge in [-0.05, 0) is 55.7 Å². The maximum Gasteiger partial charge on any atom is 0.335 e. The Morgan fingerprint density at radius 2 is 1.56 bits per heavy atom. The highest BCUT2D eigenvalue weighted by Gasteiger charge is 2.10. The number of aromatic hydroxyl groups is 1.